The average molecular weight is 326 g/mol. The fourth-order valence-electron chi connectivity index (χ4n) is 2.67. The lowest BCUT2D eigenvalue weighted by atomic mass is 10.1. The molecule has 2 aromatic rings. The molecule has 122 valence electrons. The number of hydrogen-bond donors (Lipinski definition) is 0. The maximum atomic E-state index is 2.35. The first-order valence-corrected chi connectivity index (χ1v) is 9.40. The smallest absolute Gasteiger partial charge is 0.0472 e. The Morgan fingerprint density at radius 1 is 0.957 bits per heavy atom. The first-order valence-electron chi connectivity index (χ1n) is 8.18. The van der Waals surface area contributed by atoms with Gasteiger partial charge in [0, 0.05) is 23.3 Å². The molecule has 1 aromatic heterocycles. The molecule has 2 rings (SSSR count). The van der Waals surface area contributed by atoms with Gasteiger partial charge in [0.1, 0.15) is 0 Å². The molecule has 0 atom stereocenters. The molecule has 0 bridgehead atoms. The normalized spacial score (nSPS) is 10.5. The Morgan fingerprint density at radius 2 is 1.70 bits per heavy atom. The summed E-state index contributed by atoms with van der Waals surface area (Å²) in [7, 11) is 0. The van der Waals surface area contributed by atoms with Gasteiger partial charge in [0.25, 0.3) is 0 Å². The van der Waals surface area contributed by atoms with Crippen molar-refractivity contribution in [3.63, 3.8) is 0 Å². The van der Waals surface area contributed by atoms with Crippen LogP contribution in [0, 0.1) is 20.8 Å². The van der Waals surface area contributed by atoms with Gasteiger partial charge in [-0.25, -0.2) is 0 Å². The van der Waals surface area contributed by atoms with E-state index in [2.05, 4.69) is 87.2 Å². The Morgan fingerprint density at radius 3 is 2.39 bits per heavy atom. The molecule has 0 saturated heterocycles. The van der Waals surface area contributed by atoms with Crippen LogP contribution in [-0.2, 0) is 13.0 Å². The van der Waals surface area contributed by atoms with Crippen LogP contribution in [0.2, 0.25) is 0 Å². The van der Waals surface area contributed by atoms with Crippen LogP contribution in [0.25, 0.3) is 0 Å². The van der Waals surface area contributed by atoms with Crippen LogP contribution in [0.5, 0.6) is 0 Å². The lowest BCUT2D eigenvalue weighted by molar-refractivity contribution is 0.756. The van der Waals surface area contributed by atoms with Gasteiger partial charge in [-0.15, -0.1) is 11.8 Å². The molecule has 1 heterocycles. The van der Waals surface area contributed by atoms with E-state index in [0.29, 0.717) is 0 Å². The predicted octanol–water partition coefficient (Wildman–Crippen LogP) is 5.87. The van der Waals surface area contributed by atoms with Crippen molar-refractivity contribution < 1.29 is 0 Å². The van der Waals surface area contributed by atoms with Crippen molar-refractivity contribution in [1.82, 2.24) is 4.57 Å². The molecule has 0 amide bonds. The number of rotatable bonds is 4. The molecule has 1 aromatic carbocycles. The molecule has 0 aliphatic rings. The van der Waals surface area contributed by atoms with E-state index in [4.69, 9.17) is 0 Å². The maximum absolute atomic E-state index is 2.35. The van der Waals surface area contributed by atoms with Crippen molar-refractivity contribution in [2.75, 3.05) is 6.26 Å². The van der Waals surface area contributed by atoms with Gasteiger partial charge >= 0.3 is 0 Å². The van der Waals surface area contributed by atoms with Crippen LogP contribution < -0.4 is 0 Å². The van der Waals surface area contributed by atoms with E-state index < -0.39 is 0 Å². The Hall–Kier alpha value is -1.67. The summed E-state index contributed by atoms with van der Waals surface area (Å²) in [5, 5.41) is 0. The molecule has 0 N–H and O–H groups in total. The average Bonchev–Trinajstić information content (AvgIpc) is 2.62. The number of aromatic nitrogens is 1. The van der Waals surface area contributed by atoms with Crippen LogP contribution in [0.3, 0.4) is 0 Å². The maximum Gasteiger partial charge on any atom is 0.0472 e. The Kier molecular flexibility index (Phi) is 6.35. The monoisotopic (exact) mass is 325 g/mol. The summed E-state index contributed by atoms with van der Waals surface area (Å²) in [5.41, 5.74) is 6.75. The van der Waals surface area contributed by atoms with Gasteiger partial charge in [-0.3, -0.25) is 0 Å². The van der Waals surface area contributed by atoms with Crippen LogP contribution in [0.15, 0.2) is 53.6 Å². The third-order valence-corrected chi connectivity index (χ3v) is 5.16. The van der Waals surface area contributed by atoms with E-state index >= 15 is 0 Å². The Balaban J connectivity index is 2.53. The third kappa shape index (κ3) is 4.65. The highest BCUT2D eigenvalue weighted by Crippen LogP contribution is 2.18. The summed E-state index contributed by atoms with van der Waals surface area (Å²) in [6.45, 7) is 9.74. The lowest BCUT2D eigenvalue weighted by Crippen LogP contribution is -2.04. The minimum atomic E-state index is 0.906. The first-order chi connectivity index (χ1) is 11.0. The van der Waals surface area contributed by atoms with Crippen molar-refractivity contribution in [3.8, 4) is 0 Å². The summed E-state index contributed by atoms with van der Waals surface area (Å²) in [6, 6.07) is 15.5. The van der Waals surface area contributed by atoms with Gasteiger partial charge in [-0.05, 0) is 73.9 Å². The molecule has 2 heteroatoms. The van der Waals surface area contributed by atoms with Crippen molar-refractivity contribution in [1.29, 1.82) is 0 Å². The second kappa shape index (κ2) is 8.26. The molecule has 0 spiro atoms. The van der Waals surface area contributed by atoms with Crippen LogP contribution >= 0.6 is 11.8 Å². The van der Waals surface area contributed by atoms with Gasteiger partial charge < -0.3 is 4.57 Å². The Bertz CT molecular complexity index is 727. The number of hydrogen-bond acceptors (Lipinski definition) is 1. The topological polar surface area (TPSA) is 4.93 Å². The summed E-state index contributed by atoms with van der Waals surface area (Å²) in [4.78, 5) is 1.29. The van der Waals surface area contributed by atoms with E-state index in [-0.39, 0.29) is 0 Å². The van der Waals surface area contributed by atoms with Crippen LogP contribution in [0.4, 0.5) is 0 Å². The molecule has 0 unspecified atom stereocenters. The van der Waals surface area contributed by atoms with Gasteiger partial charge in [0.05, 0.1) is 0 Å². The summed E-state index contributed by atoms with van der Waals surface area (Å²) >= 11 is 1.79. The van der Waals surface area contributed by atoms with Crippen LogP contribution in [0.1, 0.15) is 34.9 Å². The summed E-state index contributed by atoms with van der Waals surface area (Å²) in [5.74, 6) is 0. The van der Waals surface area contributed by atoms with Gasteiger partial charge in [0.2, 0.25) is 0 Å². The fraction of sp³-hybridized carbons (Fsp3) is 0.333. The third-order valence-electron chi connectivity index (χ3n) is 4.44. The zero-order valence-corrected chi connectivity index (χ0v) is 15.7. The summed E-state index contributed by atoms with van der Waals surface area (Å²) < 4.78 is 2.35. The quantitative estimate of drug-likeness (QED) is 0.636. The molecule has 0 radical (unpaired) electrons. The predicted molar refractivity (Wildman–Crippen MR) is 103 cm³/mol. The minimum Gasteiger partial charge on any atom is -0.347 e. The van der Waals surface area contributed by atoms with Crippen molar-refractivity contribution in [3.05, 3.63) is 76.6 Å². The second-order valence-corrected chi connectivity index (χ2v) is 6.83. The SMILES string of the molecule is CCc1cccc(Cn2cccc(SC)cc(C)c(C)c2C)c1. The zero-order valence-electron chi connectivity index (χ0n) is 14.9. The molecule has 0 aliphatic carbocycles. The van der Waals surface area contributed by atoms with E-state index in [0.717, 1.165) is 13.0 Å². The molecule has 0 aliphatic heterocycles. The van der Waals surface area contributed by atoms with Crippen molar-refractivity contribution in [2.24, 2.45) is 0 Å². The molecule has 0 fully saturated rings. The standard InChI is InChI=1S/C21H27NS/c1-6-19-9-7-10-20(14-19)15-22-12-8-11-21(23-5)13-16(2)17(3)18(22)4/h7-14H,6,15H2,1-5H3. The highest BCUT2D eigenvalue weighted by atomic mass is 32.2. The van der Waals surface area contributed by atoms with Crippen molar-refractivity contribution in [2.45, 2.75) is 45.6 Å². The zero-order chi connectivity index (χ0) is 16.8. The second-order valence-electron chi connectivity index (χ2n) is 5.95. The van der Waals surface area contributed by atoms with E-state index in [9.17, 15) is 0 Å². The number of thioether (sulfide) groups is 1. The highest BCUT2D eigenvalue weighted by Gasteiger charge is 2.02. The van der Waals surface area contributed by atoms with Gasteiger partial charge in [-0.1, -0.05) is 31.2 Å². The van der Waals surface area contributed by atoms with E-state index in [1.54, 1.807) is 11.8 Å². The van der Waals surface area contributed by atoms with Gasteiger partial charge in [0.15, 0.2) is 0 Å². The first kappa shape index (κ1) is 17.7. The molecule has 0 saturated carbocycles. The van der Waals surface area contributed by atoms with Crippen LogP contribution in [-0.4, -0.2) is 10.8 Å². The minimum absolute atomic E-state index is 0.906. The number of aryl methyl sites for hydroxylation is 2. The number of nitrogens with zero attached hydrogens (tertiary/aromatic N) is 1. The molecular weight excluding hydrogens is 298 g/mol. The van der Waals surface area contributed by atoms with E-state index in [1.807, 2.05) is 0 Å². The molecule has 1 nitrogen and oxygen atoms in total. The molecular formula is C21H27NS. The largest absolute Gasteiger partial charge is 0.347 e. The fourth-order valence-corrected chi connectivity index (χ4v) is 3.18. The van der Waals surface area contributed by atoms with Crippen molar-refractivity contribution >= 4 is 11.8 Å². The van der Waals surface area contributed by atoms with E-state index in [1.165, 1.54) is 32.8 Å². The number of benzene rings is 1. The van der Waals surface area contributed by atoms with Gasteiger partial charge in [-0.2, -0.15) is 0 Å². The highest BCUT2D eigenvalue weighted by molar-refractivity contribution is 7.98. The summed E-state index contributed by atoms with van der Waals surface area (Å²) in [6.07, 6.45) is 5.40. The Labute approximate surface area is 145 Å². The molecule has 23 heavy (non-hydrogen) atoms. The lowest BCUT2D eigenvalue weighted by Gasteiger charge is -2.12.